The molecule has 0 radical (unpaired) electrons. The maximum Gasteiger partial charge on any atom is 0.328 e. The van der Waals surface area contributed by atoms with E-state index in [-0.39, 0.29) is 18.6 Å². The molecular weight excluding hydrogens is 354 g/mol. The van der Waals surface area contributed by atoms with Crippen LogP contribution in [0.3, 0.4) is 0 Å². The third kappa shape index (κ3) is 6.55. The van der Waals surface area contributed by atoms with Gasteiger partial charge in [0, 0.05) is 36.2 Å². The van der Waals surface area contributed by atoms with Gasteiger partial charge in [-0.25, -0.2) is 4.98 Å². The van der Waals surface area contributed by atoms with E-state index in [1.807, 2.05) is 26.8 Å². The van der Waals surface area contributed by atoms with Gasteiger partial charge in [-0.05, 0) is 40.7 Å². The Hall–Kier alpha value is -2.28. The Bertz CT molecular complexity index is 752. The molecule has 2 N–H and O–H groups in total. The molecule has 0 aliphatic carbocycles. The number of hydrogen-bond acceptors (Lipinski definition) is 6. The van der Waals surface area contributed by atoms with Crippen molar-refractivity contribution >= 4 is 28.9 Å². The molecule has 0 aliphatic heterocycles. The van der Waals surface area contributed by atoms with Crippen molar-refractivity contribution in [1.29, 1.82) is 0 Å². The number of anilines is 2. The Labute approximate surface area is 159 Å². The smallest absolute Gasteiger partial charge is 0.328 e. The number of aromatic nitrogens is 3. The van der Waals surface area contributed by atoms with Gasteiger partial charge in [0.1, 0.15) is 17.3 Å². The minimum absolute atomic E-state index is 0.0710. The molecule has 0 aliphatic rings. The Morgan fingerprint density at radius 2 is 2.08 bits per heavy atom. The highest BCUT2D eigenvalue weighted by Crippen LogP contribution is 2.21. The summed E-state index contributed by atoms with van der Waals surface area (Å²) in [6.07, 6.45) is 5.18. The molecule has 0 unspecified atom stereocenters. The van der Waals surface area contributed by atoms with Crippen LogP contribution in [0.25, 0.3) is 0 Å². The lowest BCUT2D eigenvalue weighted by Gasteiger charge is -2.19. The van der Waals surface area contributed by atoms with E-state index < -0.39 is 5.60 Å². The molecule has 0 atom stereocenters. The molecule has 0 amide bonds. The summed E-state index contributed by atoms with van der Waals surface area (Å²) in [5.74, 6) is -0.322. The van der Waals surface area contributed by atoms with E-state index in [0.717, 1.165) is 16.9 Å². The molecule has 0 saturated heterocycles. The van der Waals surface area contributed by atoms with Crippen LogP contribution >= 0.6 is 11.6 Å². The second-order valence-electron chi connectivity index (χ2n) is 7.33. The quantitative estimate of drug-likeness (QED) is 0.563. The number of carbonyl (C=O) groups excluding carboxylic acids is 1. The maximum absolute atomic E-state index is 11.9. The van der Waals surface area contributed by atoms with Gasteiger partial charge in [0.2, 0.25) is 0 Å². The molecule has 2 heterocycles. The molecular formula is C18H26ClN5O2. The maximum atomic E-state index is 11.9. The zero-order chi connectivity index (χ0) is 19.3. The predicted octanol–water partition coefficient (Wildman–Crippen LogP) is 3.71. The number of rotatable bonds is 7. The third-order valence-electron chi connectivity index (χ3n) is 3.22. The Balaban J connectivity index is 1.97. The van der Waals surface area contributed by atoms with E-state index in [1.54, 1.807) is 23.3 Å². The van der Waals surface area contributed by atoms with E-state index in [2.05, 4.69) is 34.6 Å². The van der Waals surface area contributed by atoms with Gasteiger partial charge in [-0.3, -0.25) is 9.48 Å². The highest BCUT2D eigenvalue weighted by Gasteiger charge is 2.16. The van der Waals surface area contributed by atoms with Crippen molar-refractivity contribution in [2.45, 2.75) is 59.4 Å². The lowest BCUT2D eigenvalue weighted by molar-refractivity contribution is -0.155. The highest BCUT2D eigenvalue weighted by molar-refractivity contribution is 6.29. The van der Waals surface area contributed by atoms with Crippen LogP contribution in [0.4, 0.5) is 11.4 Å². The minimum atomic E-state index is -0.507. The van der Waals surface area contributed by atoms with Crippen molar-refractivity contribution in [3.63, 3.8) is 0 Å². The molecule has 0 spiro atoms. The summed E-state index contributed by atoms with van der Waals surface area (Å²) in [5.41, 5.74) is 2.22. The number of ether oxygens (including phenoxy) is 1. The van der Waals surface area contributed by atoms with Gasteiger partial charge >= 0.3 is 5.97 Å². The van der Waals surface area contributed by atoms with Crippen molar-refractivity contribution in [3.05, 3.63) is 35.4 Å². The van der Waals surface area contributed by atoms with Crippen LogP contribution in [0, 0.1) is 0 Å². The average molecular weight is 380 g/mol. The molecule has 2 rings (SSSR count). The number of hydrogen-bond donors (Lipinski definition) is 2. The molecule has 2 aromatic rings. The first-order chi connectivity index (χ1) is 12.1. The number of carbonyl (C=O) groups is 1. The average Bonchev–Trinajstić information content (AvgIpc) is 2.91. The summed E-state index contributed by atoms with van der Waals surface area (Å²) in [7, 11) is 0. The molecule has 7 nitrogen and oxygen atoms in total. The summed E-state index contributed by atoms with van der Waals surface area (Å²) in [6.45, 7) is 10.3. The number of halogens is 1. The second kappa shape index (κ2) is 8.40. The molecule has 2 aromatic heterocycles. The van der Waals surface area contributed by atoms with Crippen LogP contribution in [0.2, 0.25) is 5.15 Å². The molecule has 0 bridgehead atoms. The monoisotopic (exact) mass is 379 g/mol. The first-order valence-electron chi connectivity index (χ1n) is 8.51. The normalized spacial score (nSPS) is 11.5. The molecule has 142 valence electrons. The fraction of sp³-hybridized carbons (Fsp3) is 0.500. The summed E-state index contributed by atoms with van der Waals surface area (Å²) >= 11 is 5.99. The van der Waals surface area contributed by atoms with Gasteiger partial charge in [0.15, 0.2) is 0 Å². The Kier molecular flexibility index (Phi) is 6.47. The topological polar surface area (TPSA) is 81.1 Å². The largest absolute Gasteiger partial charge is 0.459 e. The molecule has 0 aromatic carbocycles. The second-order valence-corrected chi connectivity index (χ2v) is 7.72. The van der Waals surface area contributed by atoms with Crippen LogP contribution in [0.5, 0.6) is 0 Å². The van der Waals surface area contributed by atoms with Gasteiger partial charge in [-0.1, -0.05) is 11.6 Å². The van der Waals surface area contributed by atoms with E-state index >= 15 is 0 Å². The van der Waals surface area contributed by atoms with Gasteiger partial charge in [0.05, 0.1) is 11.9 Å². The van der Waals surface area contributed by atoms with Crippen LogP contribution in [-0.4, -0.2) is 32.4 Å². The van der Waals surface area contributed by atoms with Crippen molar-refractivity contribution in [3.8, 4) is 0 Å². The van der Waals surface area contributed by atoms with Crippen molar-refractivity contribution < 1.29 is 9.53 Å². The summed E-state index contributed by atoms with van der Waals surface area (Å²) in [5, 5.41) is 11.3. The van der Waals surface area contributed by atoms with Crippen LogP contribution < -0.4 is 10.6 Å². The number of esters is 1. The number of pyridine rings is 1. The standard InChI is InChI=1S/C18H26ClN5O2/c1-12(2)23-15-6-16(19)21-8-13(15)7-20-14-9-22-24(10-14)11-17(25)26-18(3,4)5/h6,8-10,12,20H,7,11H2,1-5H3,(H,21,23). The lowest BCUT2D eigenvalue weighted by atomic mass is 10.2. The zero-order valence-electron chi connectivity index (χ0n) is 15.8. The Morgan fingerprint density at radius 1 is 1.35 bits per heavy atom. The van der Waals surface area contributed by atoms with Crippen molar-refractivity contribution in [2.24, 2.45) is 0 Å². The number of nitrogens with one attached hydrogen (secondary N) is 2. The summed E-state index contributed by atoms with van der Waals surface area (Å²) in [6, 6.07) is 2.09. The minimum Gasteiger partial charge on any atom is -0.459 e. The summed E-state index contributed by atoms with van der Waals surface area (Å²) < 4.78 is 6.84. The SMILES string of the molecule is CC(C)Nc1cc(Cl)ncc1CNc1cnn(CC(=O)OC(C)(C)C)c1. The number of nitrogens with zero attached hydrogens (tertiary/aromatic N) is 3. The van der Waals surface area contributed by atoms with E-state index in [9.17, 15) is 4.79 Å². The molecule has 0 fully saturated rings. The van der Waals surface area contributed by atoms with Crippen molar-refractivity contribution in [2.75, 3.05) is 10.6 Å². The summed E-state index contributed by atoms with van der Waals surface area (Å²) in [4.78, 5) is 16.0. The van der Waals surface area contributed by atoms with Crippen LogP contribution in [0.15, 0.2) is 24.7 Å². The predicted molar refractivity (Wildman–Crippen MR) is 103 cm³/mol. The van der Waals surface area contributed by atoms with Gasteiger partial charge in [-0.15, -0.1) is 0 Å². The van der Waals surface area contributed by atoms with Gasteiger partial charge < -0.3 is 15.4 Å². The van der Waals surface area contributed by atoms with Crippen LogP contribution in [0.1, 0.15) is 40.2 Å². The highest BCUT2D eigenvalue weighted by atomic mass is 35.5. The van der Waals surface area contributed by atoms with E-state index in [4.69, 9.17) is 16.3 Å². The van der Waals surface area contributed by atoms with Gasteiger partial charge in [-0.2, -0.15) is 5.10 Å². The first kappa shape index (κ1) is 20.0. The van der Waals surface area contributed by atoms with Gasteiger partial charge in [0.25, 0.3) is 0 Å². The van der Waals surface area contributed by atoms with Crippen LogP contribution in [-0.2, 0) is 22.6 Å². The molecule has 8 heteroatoms. The van der Waals surface area contributed by atoms with Crippen molar-refractivity contribution in [1.82, 2.24) is 14.8 Å². The molecule has 0 saturated carbocycles. The first-order valence-corrected chi connectivity index (χ1v) is 8.89. The fourth-order valence-corrected chi connectivity index (χ4v) is 2.45. The Morgan fingerprint density at radius 3 is 2.73 bits per heavy atom. The fourth-order valence-electron chi connectivity index (χ4n) is 2.29. The third-order valence-corrected chi connectivity index (χ3v) is 3.43. The lowest BCUT2D eigenvalue weighted by Crippen LogP contribution is -2.26. The van der Waals surface area contributed by atoms with E-state index in [1.165, 1.54) is 0 Å². The zero-order valence-corrected chi connectivity index (χ0v) is 16.6. The van der Waals surface area contributed by atoms with E-state index in [0.29, 0.717) is 11.7 Å². The molecule has 26 heavy (non-hydrogen) atoms.